The first kappa shape index (κ1) is 32.7. The van der Waals surface area contributed by atoms with E-state index in [4.69, 9.17) is 14.0 Å². The molecule has 1 N–H and O–H groups in total. The molecular weight excluding hydrogens is 576 g/mol. The van der Waals surface area contributed by atoms with Crippen LogP contribution in [0.15, 0.2) is 16.9 Å². The third-order valence-corrected chi connectivity index (χ3v) is 9.05. The molecule has 2 aromatic rings. The Labute approximate surface area is 266 Å². The molecule has 0 aliphatic carbocycles. The van der Waals surface area contributed by atoms with Gasteiger partial charge in [0.1, 0.15) is 5.60 Å². The van der Waals surface area contributed by atoms with Crippen molar-refractivity contribution in [2.75, 3.05) is 49.1 Å². The van der Waals surface area contributed by atoms with E-state index in [-0.39, 0.29) is 23.9 Å². The second kappa shape index (κ2) is 14.2. The first-order chi connectivity index (χ1) is 21.5. The van der Waals surface area contributed by atoms with Crippen LogP contribution < -0.4 is 19.9 Å². The van der Waals surface area contributed by atoms with Gasteiger partial charge in [-0.3, -0.25) is 4.79 Å². The number of carbonyl (C=O) groups excluding carboxylic acids is 2. The number of amides is 2. The minimum absolute atomic E-state index is 0.126. The number of ether oxygens (including phenoxy) is 2. The minimum atomic E-state index is -0.610. The number of aromatic nitrogens is 4. The van der Waals surface area contributed by atoms with Crippen molar-refractivity contribution in [3.63, 3.8) is 0 Å². The van der Waals surface area contributed by atoms with E-state index >= 15 is 0 Å². The number of nitrogens with one attached hydrogen (secondary N) is 1. The van der Waals surface area contributed by atoms with E-state index in [9.17, 15) is 9.59 Å². The second-order valence-electron chi connectivity index (χ2n) is 14.0. The summed E-state index contributed by atoms with van der Waals surface area (Å²) in [7, 11) is 0. The van der Waals surface area contributed by atoms with Gasteiger partial charge in [-0.15, -0.1) is 0 Å². The molecule has 5 heterocycles. The molecule has 0 radical (unpaired) electrons. The molecule has 2 amide bonds. The maximum absolute atomic E-state index is 12.8. The van der Waals surface area contributed by atoms with Crippen LogP contribution >= 0.6 is 0 Å². The van der Waals surface area contributed by atoms with Crippen LogP contribution in [0.25, 0.3) is 0 Å². The molecule has 0 bridgehead atoms. The van der Waals surface area contributed by atoms with Crippen LogP contribution in [0.5, 0.6) is 5.75 Å². The van der Waals surface area contributed by atoms with E-state index < -0.39 is 11.7 Å². The average molecular weight is 627 g/mol. The van der Waals surface area contributed by atoms with Gasteiger partial charge in [-0.25, -0.2) is 14.8 Å². The number of piperidine rings is 2. The van der Waals surface area contributed by atoms with Gasteiger partial charge >= 0.3 is 12.1 Å². The fourth-order valence-corrected chi connectivity index (χ4v) is 6.44. The van der Waals surface area contributed by atoms with E-state index in [1.54, 1.807) is 12.4 Å². The molecule has 13 nitrogen and oxygen atoms in total. The smallest absolute Gasteiger partial charge is 0.408 e. The molecule has 248 valence electrons. The van der Waals surface area contributed by atoms with Gasteiger partial charge in [-0.2, -0.15) is 4.98 Å². The van der Waals surface area contributed by atoms with Crippen molar-refractivity contribution in [3.8, 4) is 5.75 Å². The number of hydrogen-bond donors (Lipinski definition) is 1. The molecule has 0 spiro atoms. The van der Waals surface area contributed by atoms with Crippen molar-refractivity contribution >= 4 is 24.0 Å². The van der Waals surface area contributed by atoms with E-state index in [1.165, 1.54) is 0 Å². The Bertz CT molecular complexity index is 1270. The highest BCUT2D eigenvalue weighted by Crippen LogP contribution is 2.30. The van der Waals surface area contributed by atoms with Gasteiger partial charge in [-0.1, -0.05) is 25.9 Å². The maximum Gasteiger partial charge on any atom is 0.408 e. The lowest BCUT2D eigenvalue weighted by molar-refractivity contribution is -0.135. The van der Waals surface area contributed by atoms with Crippen LogP contribution in [-0.2, 0) is 9.53 Å². The molecule has 3 aliphatic heterocycles. The van der Waals surface area contributed by atoms with E-state index in [0.717, 1.165) is 51.0 Å². The number of likely N-dealkylation sites (tertiary alicyclic amines) is 1. The third kappa shape index (κ3) is 8.55. The largest absolute Gasteiger partial charge is 0.490 e. The standard InChI is InChI=1S/C32H50N8O5/c1-21(2)28-36-30(45-37-28)38-14-10-23(11-15-38)22(3)12-16-43-24-17-33-29(34-18-24)39-19-25(35-31(42)44-32(4,5)6)26(20-39)40-13-8-7-9-27(40)41/h17-18,21-23,25-26H,7-16,19-20H2,1-6H3,(H,35,42)/t22-,25+,26-/m1/s1. The summed E-state index contributed by atoms with van der Waals surface area (Å²) in [4.78, 5) is 45.3. The van der Waals surface area contributed by atoms with Gasteiger partial charge in [0.15, 0.2) is 11.6 Å². The van der Waals surface area contributed by atoms with Crippen molar-refractivity contribution in [1.82, 2.24) is 30.3 Å². The molecule has 0 aromatic carbocycles. The molecule has 2 aromatic heterocycles. The molecule has 5 rings (SSSR count). The summed E-state index contributed by atoms with van der Waals surface area (Å²) in [6, 6.07) is 0.165. The molecule has 0 saturated carbocycles. The van der Waals surface area contributed by atoms with Gasteiger partial charge in [0.05, 0.1) is 31.1 Å². The first-order valence-corrected chi connectivity index (χ1v) is 16.5. The highest BCUT2D eigenvalue weighted by atomic mass is 16.6. The zero-order valence-electron chi connectivity index (χ0n) is 27.7. The highest BCUT2D eigenvalue weighted by molar-refractivity contribution is 5.78. The van der Waals surface area contributed by atoms with Crippen LogP contribution in [0.2, 0.25) is 0 Å². The molecule has 13 heteroatoms. The summed E-state index contributed by atoms with van der Waals surface area (Å²) in [6.07, 6.45) is 8.44. The summed E-state index contributed by atoms with van der Waals surface area (Å²) in [5.74, 6) is 3.46. The Kier molecular flexibility index (Phi) is 10.3. The number of carbonyl (C=O) groups is 2. The van der Waals surface area contributed by atoms with E-state index in [0.29, 0.717) is 62.2 Å². The van der Waals surface area contributed by atoms with Crippen LogP contribution in [0.1, 0.15) is 91.8 Å². The summed E-state index contributed by atoms with van der Waals surface area (Å²) in [6.45, 7) is 16.1. The van der Waals surface area contributed by atoms with Gasteiger partial charge < -0.3 is 34.0 Å². The molecular formula is C32H50N8O5. The third-order valence-electron chi connectivity index (χ3n) is 9.05. The predicted octanol–water partition coefficient (Wildman–Crippen LogP) is 4.40. The Morgan fingerprint density at radius 1 is 1.07 bits per heavy atom. The van der Waals surface area contributed by atoms with Crippen LogP contribution in [0.3, 0.4) is 0 Å². The summed E-state index contributed by atoms with van der Waals surface area (Å²) in [5.41, 5.74) is -0.610. The van der Waals surface area contributed by atoms with Crippen LogP contribution in [0, 0.1) is 11.8 Å². The maximum atomic E-state index is 12.8. The highest BCUT2D eigenvalue weighted by Gasteiger charge is 2.41. The number of nitrogens with zero attached hydrogens (tertiary/aromatic N) is 7. The van der Waals surface area contributed by atoms with E-state index in [2.05, 4.69) is 51.1 Å². The fourth-order valence-electron chi connectivity index (χ4n) is 6.44. The zero-order valence-corrected chi connectivity index (χ0v) is 27.7. The molecule has 3 aliphatic rings. The van der Waals surface area contributed by atoms with Gasteiger partial charge in [0.25, 0.3) is 0 Å². The lowest BCUT2D eigenvalue weighted by atomic mass is 9.84. The SMILES string of the molecule is CC(C)c1noc(N2CCC([C@H](C)CCOc3cnc(N4C[C@H](NC(=O)OC(C)(C)C)[C@H](N5CCCCC5=O)C4)nc3)CC2)n1. The van der Waals surface area contributed by atoms with E-state index in [1.807, 2.05) is 30.6 Å². The molecule has 45 heavy (non-hydrogen) atoms. The normalized spacial score (nSPS) is 22.2. The monoisotopic (exact) mass is 626 g/mol. The van der Waals surface area contributed by atoms with Crippen LogP contribution in [0.4, 0.5) is 16.8 Å². The van der Waals surface area contributed by atoms with Crippen molar-refractivity contribution in [1.29, 1.82) is 0 Å². The first-order valence-electron chi connectivity index (χ1n) is 16.5. The van der Waals surface area contributed by atoms with Crippen molar-refractivity contribution in [2.45, 2.75) is 104 Å². The lowest BCUT2D eigenvalue weighted by Crippen LogP contribution is -2.54. The molecule has 3 saturated heterocycles. The number of alkyl carbamates (subject to hydrolysis) is 1. The quantitative estimate of drug-likeness (QED) is 0.401. The van der Waals surface area contributed by atoms with Gasteiger partial charge in [0, 0.05) is 45.1 Å². The summed E-state index contributed by atoms with van der Waals surface area (Å²) < 4.78 is 17.0. The molecule has 3 fully saturated rings. The Morgan fingerprint density at radius 2 is 1.80 bits per heavy atom. The van der Waals surface area contributed by atoms with Gasteiger partial charge in [-0.05, 0) is 64.7 Å². The second-order valence-corrected chi connectivity index (χ2v) is 14.0. The Morgan fingerprint density at radius 3 is 2.44 bits per heavy atom. The lowest BCUT2D eigenvalue weighted by Gasteiger charge is -2.35. The van der Waals surface area contributed by atoms with Gasteiger partial charge in [0.2, 0.25) is 11.9 Å². The number of anilines is 2. The number of hydrogen-bond acceptors (Lipinski definition) is 11. The predicted molar refractivity (Wildman–Crippen MR) is 169 cm³/mol. The minimum Gasteiger partial charge on any atom is -0.490 e. The summed E-state index contributed by atoms with van der Waals surface area (Å²) in [5, 5.41) is 7.11. The Hall–Kier alpha value is -3.64. The molecule has 3 atom stereocenters. The van der Waals surface area contributed by atoms with Crippen molar-refractivity contribution in [2.24, 2.45) is 11.8 Å². The summed E-state index contributed by atoms with van der Waals surface area (Å²) >= 11 is 0. The van der Waals surface area contributed by atoms with Crippen molar-refractivity contribution in [3.05, 3.63) is 18.2 Å². The number of rotatable bonds is 10. The average Bonchev–Trinajstić information content (AvgIpc) is 3.65. The topological polar surface area (TPSA) is 139 Å². The Balaban J connectivity index is 1.10. The zero-order chi connectivity index (χ0) is 32.1. The molecule has 0 unspecified atom stereocenters. The van der Waals surface area contributed by atoms with Crippen molar-refractivity contribution < 1.29 is 23.6 Å². The van der Waals surface area contributed by atoms with Crippen LogP contribution in [-0.4, -0.2) is 94.0 Å². The fraction of sp³-hybridized carbons (Fsp3) is 0.750.